The SMILES string of the molecule is COc1c2c(c([C@H]3C[C@@]3(C)c3ccccc3)n1C)CCCC2. The number of fused-ring (bicyclic) bond motifs is 1. The highest BCUT2D eigenvalue weighted by Gasteiger charge is 2.54. The van der Waals surface area contributed by atoms with Crippen LogP contribution in [0, 0.1) is 0 Å². The van der Waals surface area contributed by atoms with E-state index >= 15 is 0 Å². The number of benzene rings is 1. The Bertz CT molecular complexity index is 700. The van der Waals surface area contributed by atoms with Gasteiger partial charge < -0.3 is 9.30 Å². The van der Waals surface area contributed by atoms with Crippen LogP contribution in [0.4, 0.5) is 0 Å². The van der Waals surface area contributed by atoms with Gasteiger partial charge in [0, 0.05) is 29.6 Å². The first kappa shape index (κ1) is 13.9. The molecule has 0 N–H and O–H groups in total. The Labute approximate surface area is 133 Å². The van der Waals surface area contributed by atoms with E-state index in [0.717, 1.165) is 5.88 Å². The molecule has 0 radical (unpaired) electrons. The zero-order valence-electron chi connectivity index (χ0n) is 13.9. The number of nitrogens with zero attached hydrogens (tertiary/aromatic N) is 1. The molecule has 0 bridgehead atoms. The van der Waals surface area contributed by atoms with E-state index in [1.165, 1.54) is 48.9 Å². The van der Waals surface area contributed by atoms with Crippen molar-refractivity contribution in [2.24, 2.45) is 7.05 Å². The molecule has 0 aliphatic heterocycles. The molecule has 0 unspecified atom stereocenters. The van der Waals surface area contributed by atoms with Gasteiger partial charge in [-0.3, -0.25) is 0 Å². The highest BCUT2D eigenvalue weighted by molar-refractivity contribution is 5.51. The minimum Gasteiger partial charge on any atom is -0.482 e. The zero-order chi connectivity index (χ0) is 15.3. The average molecular weight is 295 g/mol. The first-order valence-corrected chi connectivity index (χ1v) is 8.46. The third-order valence-electron chi connectivity index (χ3n) is 5.89. The van der Waals surface area contributed by atoms with Crippen molar-refractivity contribution in [1.29, 1.82) is 0 Å². The van der Waals surface area contributed by atoms with Gasteiger partial charge in [0.05, 0.1) is 7.11 Å². The molecule has 2 aliphatic carbocycles. The first-order chi connectivity index (χ1) is 10.7. The molecule has 2 atom stereocenters. The maximum Gasteiger partial charge on any atom is 0.196 e. The monoisotopic (exact) mass is 295 g/mol. The lowest BCUT2D eigenvalue weighted by molar-refractivity contribution is 0.374. The van der Waals surface area contributed by atoms with Gasteiger partial charge in [0.1, 0.15) is 0 Å². The van der Waals surface area contributed by atoms with Gasteiger partial charge in [-0.25, -0.2) is 0 Å². The lowest BCUT2D eigenvalue weighted by atomic mass is 9.89. The molecule has 0 saturated heterocycles. The molecule has 2 aromatic rings. The van der Waals surface area contributed by atoms with Crippen molar-refractivity contribution in [2.45, 2.75) is 50.4 Å². The summed E-state index contributed by atoms with van der Waals surface area (Å²) in [5, 5.41) is 0. The molecule has 22 heavy (non-hydrogen) atoms. The molecule has 1 aromatic heterocycles. The van der Waals surface area contributed by atoms with Crippen molar-refractivity contribution in [3.8, 4) is 5.88 Å². The van der Waals surface area contributed by atoms with E-state index in [4.69, 9.17) is 4.74 Å². The standard InChI is InChI=1S/C20H25NO/c1-20(14-9-5-4-6-10-14)13-17(20)18-15-11-7-8-12-16(15)19(22-3)21(18)2/h4-6,9-10,17H,7-8,11-13H2,1-3H3/t17-,20+/m1/s1. The second-order valence-corrected chi connectivity index (χ2v) is 7.16. The second kappa shape index (κ2) is 4.91. The Balaban J connectivity index is 1.78. The second-order valence-electron chi connectivity index (χ2n) is 7.16. The molecule has 116 valence electrons. The van der Waals surface area contributed by atoms with E-state index in [2.05, 4.69) is 48.9 Å². The van der Waals surface area contributed by atoms with Gasteiger partial charge in [0.15, 0.2) is 5.88 Å². The number of hydrogen-bond donors (Lipinski definition) is 0. The Morgan fingerprint density at radius 2 is 1.77 bits per heavy atom. The minimum absolute atomic E-state index is 0.295. The highest BCUT2D eigenvalue weighted by Crippen LogP contribution is 2.62. The van der Waals surface area contributed by atoms with Crippen LogP contribution in [0.5, 0.6) is 5.88 Å². The van der Waals surface area contributed by atoms with E-state index in [9.17, 15) is 0 Å². The maximum atomic E-state index is 5.74. The fraction of sp³-hybridized carbons (Fsp3) is 0.500. The van der Waals surface area contributed by atoms with Gasteiger partial charge in [0.25, 0.3) is 0 Å². The quantitative estimate of drug-likeness (QED) is 0.820. The first-order valence-electron chi connectivity index (χ1n) is 8.46. The smallest absolute Gasteiger partial charge is 0.196 e. The molecule has 4 rings (SSSR count). The van der Waals surface area contributed by atoms with Crippen molar-refractivity contribution in [2.75, 3.05) is 7.11 Å². The fourth-order valence-corrected chi connectivity index (χ4v) is 4.54. The summed E-state index contributed by atoms with van der Waals surface area (Å²) in [6, 6.07) is 11.0. The van der Waals surface area contributed by atoms with E-state index in [1.54, 1.807) is 5.56 Å². The summed E-state index contributed by atoms with van der Waals surface area (Å²) in [6.07, 6.45) is 6.28. The molecule has 2 aliphatic rings. The molecule has 2 nitrogen and oxygen atoms in total. The van der Waals surface area contributed by atoms with Crippen LogP contribution in [-0.2, 0) is 25.3 Å². The summed E-state index contributed by atoms with van der Waals surface area (Å²) in [4.78, 5) is 0. The largest absolute Gasteiger partial charge is 0.482 e. The summed E-state index contributed by atoms with van der Waals surface area (Å²) < 4.78 is 8.08. The molecule has 2 heteroatoms. The summed E-state index contributed by atoms with van der Waals surface area (Å²) in [6.45, 7) is 2.42. The average Bonchev–Trinajstić information content (AvgIpc) is 3.14. The fourth-order valence-electron chi connectivity index (χ4n) is 4.54. The van der Waals surface area contributed by atoms with Crippen molar-refractivity contribution in [3.63, 3.8) is 0 Å². The van der Waals surface area contributed by atoms with Crippen molar-refractivity contribution in [3.05, 3.63) is 52.7 Å². The van der Waals surface area contributed by atoms with E-state index in [1.807, 2.05) is 7.11 Å². The maximum absolute atomic E-state index is 5.74. The molecule has 1 saturated carbocycles. The summed E-state index contributed by atoms with van der Waals surface area (Å²) in [7, 11) is 4.01. The van der Waals surface area contributed by atoms with Crippen LogP contribution in [0.1, 0.15) is 54.5 Å². The van der Waals surface area contributed by atoms with Gasteiger partial charge in [-0.15, -0.1) is 0 Å². The van der Waals surface area contributed by atoms with E-state index < -0.39 is 0 Å². The topological polar surface area (TPSA) is 14.2 Å². The van der Waals surface area contributed by atoms with Crippen molar-refractivity contribution in [1.82, 2.24) is 4.57 Å². The molecule has 1 heterocycles. The van der Waals surface area contributed by atoms with Gasteiger partial charge in [-0.05, 0) is 43.2 Å². The Morgan fingerprint density at radius 1 is 1.09 bits per heavy atom. The molecular weight excluding hydrogens is 270 g/mol. The van der Waals surface area contributed by atoms with Gasteiger partial charge in [-0.2, -0.15) is 0 Å². The predicted octanol–water partition coefficient (Wildman–Crippen LogP) is 4.36. The van der Waals surface area contributed by atoms with Crippen LogP contribution < -0.4 is 4.74 Å². The normalized spacial score (nSPS) is 26.6. The molecule has 1 fully saturated rings. The predicted molar refractivity (Wildman–Crippen MR) is 89.8 cm³/mol. The van der Waals surface area contributed by atoms with Crippen LogP contribution in [0.25, 0.3) is 0 Å². The number of methoxy groups -OCH3 is 1. The summed E-state index contributed by atoms with van der Waals surface area (Å²) in [5.74, 6) is 1.74. The lowest BCUT2D eigenvalue weighted by Crippen LogP contribution is -2.08. The van der Waals surface area contributed by atoms with Crippen molar-refractivity contribution >= 4 is 0 Å². The van der Waals surface area contributed by atoms with E-state index in [-0.39, 0.29) is 0 Å². The minimum atomic E-state index is 0.295. The lowest BCUT2D eigenvalue weighted by Gasteiger charge is -2.16. The number of aromatic nitrogens is 1. The van der Waals surface area contributed by atoms with Crippen molar-refractivity contribution < 1.29 is 4.74 Å². The van der Waals surface area contributed by atoms with Crippen LogP contribution in [0.3, 0.4) is 0 Å². The molecule has 0 spiro atoms. The van der Waals surface area contributed by atoms with Crippen LogP contribution >= 0.6 is 0 Å². The summed E-state index contributed by atoms with van der Waals surface area (Å²) >= 11 is 0. The highest BCUT2D eigenvalue weighted by atomic mass is 16.5. The van der Waals surface area contributed by atoms with Crippen LogP contribution in [0.2, 0.25) is 0 Å². The number of hydrogen-bond acceptors (Lipinski definition) is 1. The third-order valence-corrected chi connectivity index (χ3v) is 5.89. The van der Waals surface area contributed by atoms with Crippen LogP contribution in [-0.4, -0.2) is 11.7 Å². The van der Waals surface area contributed by atoms with Gasteiger partial charge in [0.2, 0.25) is 0 Å². The number of ether oxygens (including phenoxy) is 1. The Hall–Kier alpha value is -1.70. The van der Waals surface area contributed by atoms with Crippen LogP contribution in [0.15, 0.2) is 30.3 Å². The molecule has 1 aromatic carbocycles. The van der Waals surface area contributed by atoms with Gasteiger partial charge in [-0.1, -0.05) is 37.3 Å². The number of rotatable bonds is 3. The van der Waals surface area contributed by atoms with E-state index in [0.29, 0.717) is 11.3 Å². The summed E-state index contributed by atoms with van der Waals surface area (Å²) in [5.41, 5.74) is 6.38. The Morgan fingerprint density at radius 3 is 2.45 bits per heavy atom. The molecular formula is C20H25NO. The van der Waals surface area contributed by atoms with Gasteiger partial charge >= 0.3 is 0 Å². The third kappa shape index (κ3) is 1.86. The zero-order valence-corrected chi connectivity index (χ0v) is 13.9. The Kier molecular flexibility index (Phi) is 3.11. The molecule has 0 amide bonds.